The molecule has 1 amide bonds. The summed E-state index contributed by atoms with van der Waals surface area (Å²) in [7, 11) is 1.63. The van der Waals surface area contributed by atoms with Gasteiger partial charge in [0.05, 0.1) is 30.6 Å². The highest BCUT2D eigenvalue weighted by molar-refractivity contribution is 5.96. The first-order chi connectivity index (χ1) is 14.2. The van der Waals surface area contributed by atoms with E-state index in [4.69, 9.17) is 4.74 Å². The van der Waals surface area contributed by atoms with Gasteiger partial charge in [0.2, 0.25) is 5.91 Å². The molecule has 0 spiro atoms. The first-order valence-electron chi connectivity index (χ1n) is 9.78. The Bertz CT molecular complexity index is 950. The van der Waals surface area contributed by atoms with E-state index in [2.05, 4.69) is 25.7 Å². The molecule has 0 aliphatic carbocycles. The molecule has 4 rings (SSSR count). The van der Waals surface area contributed by atoms with Gasteiger partial charge in [0, 0.05) is 13.1 Å². The number of carbonyl (C=O) groups is 1. The number of hydrogen-bond acceptors (Lipinski definition) is 6. The third-order valence-corrected chi connectivity index (χ3v) is 5.09. The van der Waals surface area contributed by atoms with Crippen molar-refractivity contribution in [2.75, 3.05) is 30.4 Å². The second-order valence-electron chi connectivity index (χ2n) is 7.08. The number of nitrogens with one attached hydrogen (secondary N) is 1. The van der Waals surface area contributed by atoms with E-state index in [1.807, 2.05) is 42.5 Å². The van der Waals surface area contributed by atoms with E-state index in [1.54, 1.807) is 18.1 Å². The first-order valence-corrected chi connectivity index (χ1v) is 9.78. The van der Waals surface area contributed by atoms with E-state index in [-0.39, 0.29) is 5.91 Å². The average Bonchev–Trinajstić information content (AvgIpc) is 3.30. The van der Waals surface area contributed by atoms with Crippen LogP contribution in [0.15, 0.2) is 48.8 Å². The summed E-state index contributed by atoms with van der Waals surface area (Å²) in [6, 6.07) is 13.5. The lowest BCUT2D eigenvalue weighted by atomic mass is 10.1. The molecule has 29 heavy (non-hydrogen) atoms. The molecule has 0 saturated carbocycles. The van der Waals surface area contributed by atoms with Crippen molar-refractivity contribution in [3.8, 4) is 11.4 Å². The number of ether oxygens (including phenoxy) is 1. The Morgan fingerprint density at radius 1 is 1.10 bits per heavy atom. The molecule has 1 fully saturated rings. The molecule has 0 radical (unpaired) electrons. The summed E-state index contributed by atoms with van der Waals surface area (Å²) >= 11 is 0. The highest BCUT2D eigenvalue weighted by Crippen LogP contribution is 2.31. The maximum Gasteiger partial charge on any atom is 0.228 e. The Labute approximate surface area is 169 Å². The lowest BCUT2D eigenvalue weighted by Gasteiger charge is -2.30. The normalized spacial score (nSPS) is 13.9. The summed E-state index contributed by atoms with van der Waals surface area (Å²) < 4.78 is 6.76. The van der Waals surface area contributed by atoms with Gasteiger partial charge in [-0.1, -0.05) is 12.1 Å². The monoisotopic (exact) mass is 392 g/mol. The topological polar surface area (TPSA) is 85.2 Å². The molecule has 1 saturated heterocycles. The summed E-state index contributed by atoms with van der Waals surface area (Å²) in [5.41, 5.74) is 3.54. The van der Waals surface area contributed by atoms with Crippen molar-refractivity contribution in [3.05, 3.63) is 54.4 Å². The van der Waals surface area contributed by atoms with Gasteiger partial charge < -0.3 is 15.0 Å². The maximum absolute atomic E-state index is 12.8. The van der Waals surface area contributed by atoms with Gasteiger partial charge in [0.1, 0.15) is 12.1 Å². The Kier molecular flexibility index (Phi) is 5.69. The van der Waals surface area contributed by atoms with E-state index < -0.39 is 0 Å². The number of anilines is 2. The summed E-state index contributed by atoms with van der Waals surface area (Å²) in [5, 5.41) is 14.4. The number of rotatable bonds is 6. The van der Waals surface area contributed by atoms with E-state index >= 15 is 0 Å². The third kappa shape index (κ3) is 4.53. The van der Waals surface area contributed by atoms with Crippen LogP contribution >= 0.6 is 0 Å². The fourth-order valence-corrected chi connectivity index (χ4v) is 3.58. The largest absolute Gasteiger partial charge is 0.497 e. The standard InChI is InChI=1S/C21H24N6O2/c1-29-18-8-5-16(6-9-18)13-21(28)23-19-14-17(27-15-22-24-25-27)7-10-20(19)26-11-3-2-4-12-26/h5-10,14-15H,2-4,11-13H2,1H3,(H,23,28). The lowest BCUT2D eigenvalue weighted by Crippen LogP contribution is -2.30. The number of benzene rings is 2. The summed E-state index contributed by atoms with van der Waals surface area (Å²) in [5.74, 6) is 0.706. The predicted molar refractivity (Wildman–Crippen MR) is 111 cm³/mol. The van der Waals surface area contributed by atoms with Gasteiger partial charge in [0.15, 0.2) is 0 Å². The van der Waals surface area contributed by atoms with Crippen molar-refractivity contribution >= 4 is 17.3 Å². The zero-order chi connectivity index (χ0) is 20.1. The quantitative estimate of drug-likeness (QED) is 0.694. The van der Waals surface area contributed by atoms with E-state index in [0.29, 0.717) is 6.42 Å². The molecule has 8 heteroatoms. The number of carbonyl (C=O) groups excluding carboxylic acids is 1. The van der Waals surface area contributed by atoms with E-state index in [0.717, 1.165) is 54.3 Å². The average molecular weight is 392 g/mol. The number of aromatic nitrogens is 4. The summed E-state index contributed by atoms with van der Waals surface area (Å²) in [6.45, 7) is 1.98. The second-order valence-corrected chi connectivity index (χ2v) is 7.08. The van der Waals surface area contributed by atoms with Crippen LogP contribution in [0.5, 0.6) is 5.75 Å². The molecule has 2 heterocycles. The van der Waals surface area contributed by atoms with Gasteiger partial charge in [0.25, 0.3) is 0 Å². The fourth-order valence-electron chi connectivity index (χ4n) is 3.58. The molecular formula is C21H24N6O2. The zero-order valence-corrected chi connectivity index (χ0v) is 16.4. The predicted octanol–water partition coefficient (Wildman–Crippen LogP) is 2.84. The Hall–Kier alpha value is -3.42. The smallest absolute Gasteiger partial charge is 0.228 e. The number of nitrogens with zero attached hydrogens (tertiary/aromatic N) is 5. The van der Waals surface area contributed by atoms with Gasteiger partial charge >= 0.3 is 0 Å². The first kappa shape index (κ1) is 18.9. The van der Waals surface area contributed by atoms with Crippen LogP contribution in [0.2, 0.25) is 0 Å². The SMILES string of the molecule is COc1ccc(CC(=O)Nc2cc(-n3cnnn3)ccc2N2CCCCC2)cc1. The van der Waals surface area contributed by atoms with Crippen LogP contribution in [0.1, 0.15) is 24.8 Å². The molecule has 0 bridgehead atoms. The number of tetrazole rings is 1. The minimum atomic E-state index is -0.0673. The number of hydrogen-bond donors (Lipinski definition) is 1. The maximum atomic E-state index is 12.8. The van der Waals surface area contributed by atoms with Crippen molar-refractivity contribution in [3.63, 3.8) is 0 Å². The molecule has 2 aromatic carbocycles. The van der Waals surface area contributed by atoms with Crippen molar-refractivity contribution in [1.29, 1.82) is 0 Å². The molecule has 1 aliphatic heterocycles. The summed E-state index contributed by atoms with van der Waals surface area (Å²) in [6.07, 6.45) is 5.40. The van der Waals surface area contributed by atoms with E-state index in [9.17, 15) is 4.79 Å². The highest BCUT2D eigenvalue weighted by Gasteiger charge is 2.17. The van der Waals surface area contributed by atoms with Gasteiger partial charge in [-0.3, -0.25) is 4.79 Å². The lowest BCUT2D eigenvalue weighted by molar-refractivity contribution is -0.115. The molecule has 8 nitrogen and oxygen atoms in total. The number of piperidine rings is 1. The van der Waals surface area contributed by atoms with Crippen molar-refractivity contribution in [1.82, 2.24) is 20.2 Å². The Morgan fingerprint density at radius 2 is 1.90 bits per heavy atom. The van der Waals surface area contributed by atoms with Crippen LogP contribution < -0.4 is 15.0 Å². The van der Waals surface area contributed by atoms with Gasteiger partial charge in [-0.2, -0.15) is 0 Å². The van der Waals surface area contributed by atoms with Crippen molar-refractivity contribution in [2.45, 2.75) is 25.7 Å². The molecule has 3 aromatic rings. The van der Waals surface area contributed by atoms with Crippen LogP contribution in [0.3, 0.4) is 0 Å². The molecule has 1 aliphatic rings. The van der Waals surface area contributed by atoms with Crippen LogP contribution in [0, 0.1) is 0 Å². The van der Waals surface area contributed by atoms with E-state index in [1.165, 1.54) is 6.42 Å². The number of amides is 1. The van der Waals surface area contributed by atoms with Gasteiger partial charge in [-0.15, -0.1) is 5.10 Å². The molecule has 0 atom stereocenters. The Balaban J connectivity index is 1.56. The molecule has 150 valence electrons. The minimum absolute atomic E-state index is 0.0673. The Morgan fingerprint density at radius 3 is 2.59 bits per heavy atom. The minimum Gasteiger partial charge on any atom is -0.497 e. The number of methoxy groups -OCH3 is 1. The van der Waals surface area contributed by atoms with Gasteiger partial charge in [-0.05, 0) is 65.6 Å². The van der Waals surface area contributed by atoms with Crippen LogP contribution in [0.25, 0.3) is 5.69 Å². The molecular weight excluding hydrogens is 368 g/mol. The highest BCUT2D eigenvalue weighted by atomic mass is 16.5. The molecule has 0 unspecified atom stereocenters. The van der Waals surface area contributed by atoms with Crippen LogP contribution in [-0.2, 0) is 11.2 Å². The summed E-state index contributed by atoms with van der Waals surface area (Å²) in [4.78, 5) is 15.1. The van der Waals surface area contributed by atoms with Crippen LogP contribution in [-0.4, -0.2) is 46.3 Å². The second kappa shape index (κ2) is 8.72. The molecule has 1 aromatic heterocycles. The van der Waals surface area contributed by atoms with Crippen molar-refractivity contribution < 1.29 is 9.53 Å². The van der Waals surface area contributed by atoms with Gasteiger partial charge in [-0.25, -0.2) is 4.68 Å². The fraction of sp³-hybridized carbons (Fsp3) is 0.333. The zero-order valence-electron chi connectivity index (χ0n) is 16.4. The molecule has 1 N–H and O–H groups in total. The van der Waals surface area contributed by atoms with Crippen LogP contribution in [0.4, 0.5) is 11.4 Å². The third-order valence-electron chi connectivity index (χ3n) is 5.09. The van der Waals surface area contributed by atoms with Crippen molar-refractivity contribution in [2.24, 2.45) is 0 Å².